The zero-order valence-corrected chi connectivity index (χ0v) is 14.2. The summed E-state index contributed by atoms with van der Waals surface area (Å²) in [5, 5.41) is 1.35. The Bertz CT molecular complexity index is 413. The minimum Gasteiger partial charge on any atom is -0.494 e. The minimum absolute atomic E-state index is 0.316. The molecule has 1 aromatic rings. The maximum atomic E-state index is 6.07. The van der Waals surface area contributed by atoms with Gasteiger partial charge in [0.25, 0.3) is 0 Å². The van der Waals surface area contributed by atoms with Crippen LogP contribution < -0.4 is 10.5 Å². The highest BCUT2D eigenvalue weighted by molar-refractivity contribution is 8.00. The normalized spacial score (nSPS) is 24.8. The van der Waals surface area contributed by atoms with Crippen LogP contribution in [0.1, 0.15) is 38.8 Å². The van der Waals surface area contributed by atoms with Crippen molar-refractivity contribution < 1.29 is 4.74 Å². The van der Waals surface area contributed by atoms with Crippen LogP contribution in [0.2, 0.25) is 0 Å². The third-order valence-corrected chi connectivity index (χ3v) is 5.08. The molecule has 0 bridgehead atoms. The van der Waals surface area contributed by atoms with E-state index in [1.54, 1.807) is 0 Å². The second-order valence-electron chi connectivity index (χ2n) is 5.88. The van der Waals surface area contributed by atoms with Crippen molar-refractivity contribution in [3.05, 3.63) is 29.8 Å². The maximum Gasteiger partial charge on any atom is 0.119 e. The molecule has 2 rings (SSSR count). The van der Waals surface area contributed by atoms with Crippen LogP contribution in [0.15, 0.2) is 24.3 Å². The van der Waals surface area contributed by atoms with Gasteiger partial charge in [0.1, 0.15) is 5.75 Å². The molecule has 1 saturated heterocycles. The number of benzene rings is 1. The van der Waals surface area contributed by atoms with Crippen LogP contribution in [0.4, 0.5) is 0 Å². The summed E-state index contributed by atoms with van der Waals surface area (Å²) in [6, 6.07) is 8.79. The molecule has 3 atom stereocenters. The van der Waals surface area contributed by atoms with Crippen molar-refractivity contribution in [1.29, 1.82) is 0 Å². The quantitative estimate of drug-likeness (QED) is 0.875. The number of nitrogens with two attached hydrogens (primary N) is 1. The predicted octanol–water partition coefficient (Wildman–Crippen LogP) is 3.30. The molecule has 1 heterocycles. The van der Waals surface area contributed by atoms with Crippen LogP contribution in [0, 0.1) is 0 Å². The summed E-state index contributed by atoms with van der Waals surface area (Å²) in [6.07, 6.45) is 1.04. The molecular weight excluding hydrogens is 280 g/mol. The molecule has 2 N–H and O–H groups in total. The molecule has 4 heteroatoms. The first-order valence-electron chi connectivity index (χ1n) is 7.96. The molecule has 0 saturated carbocycles. The number of hydrogen-bond donors (Lipinski definition) is 1. The second kappa shape index (κ2) is 8.06. The van der Waals surface area contributed by atoms with Gasteiger partial charge in [0, 0.05) is 36.2 Å². The van der Waals surface area contributed by atoms with Gasteiger partial charge in [-0.2, -0.15) is 11.8 Å². The first-order valence-corrected chi connectivity index (χ1v) is 8.90. The Balaban J connectivity index is 2.06. The second-order valence-corrected chi connectivity index (χ2v) is 7.76. The third-order valence-electron chi connectivity index (χ3n) is 3.85. The topological polar surface area (TPSA) is 38.5 Å². The first-order chi connectivity index (χ1) is 10.1. The molecule has 0 radical (unpaired) electrons. The van der Waals surface area contributed by atoms with E-state index < -0.39 is 0 Å². The fraction of sp³-hybridized carbons (Fsp3) is 0.647. The third kappa shape index (κ3) is 4.63. The molecule has 3 nitrogen and oxygen atoms in total. The van der Waals surface area contributed by atoms with E-state index in [0.29, 0.717) is 23.1 Å². The summed E-state index contributed by atoms with van der Waals surface area (Å²) in [4.78, 5) is 2.54. The molecule has 1 aromatic carbocycles. The molecule has 0 aliphatic carbocycles. The Morgan fingerprint density at radius 3 is 2.38 bits per heavy atom. The SMILES string of the molecule is CCCOc1ccc(C(CN)N2CC(C)SC(C)C2)cc1. The monoisotopic (exact) mass is 308 g/mol. The van der Waals surface area contributed by atoms with Gasteiger partial charge in [-0.1, -0.05) is 32.9 Å². The Morgan fingerprint density at radius 2 is 1.86 bits per heavy atom. The zero-order valence-electron chi connectivity index (χ0n) is 13.4. The van der Waals surface area contributed by atoms with Gasteiger partial charge in [-0.15, -0.1) is 0 Å². The molecule has 1 aliphatic heterocycles. The Kier molecular flexibility index (Phi) is 6.40. The first kappa shape index (κ1) is 16.7. The van der Waals surface area contributed by atoms with Gasteiger partial charge in [0.2, 0.25) is 0 Å². The Hall–Kier alpha value is -0.710. The number of hydrogen-bond acceptors (Lipinski definition) is 4. The van der Waals surface area contributed by atoms with E-state index >= 15 is 0 Å². The van der Waals surface area contributed by atoms with Crippen molar-refractivity contribution in [3.8, 4) is 5.75 Å². The molecule has 0 spiro atoms. The van der Waals surface area contributed by atoms with Crippen molar-refractivity contribution in [2.75, 3.05) is 26.2 Å². The van der Waals surface area contributed by atoms with Crippen molar-refractivity contribution in [2.24, 2.45) is 5.73 Å². The Labute approximate surface area is 133 Å². The predicted molar refractivity (Wildman–Crippen MR) is 92.1 cm³/mol. The molecule has 0 aromatic heterocycles. The van der Waals surface area contributed by atoms with E-state index in [4.69, 9.17) is 10.5 Å². The minimum atomic E-state index is 0.316. The van der Waals surface area contributed by atoms with Gasteiger partial charge in [-0.05, 0) is 24.1 Å². The van der Waals surface area contributed by atoms with E-state index in [0.717, 1.165) is 31.9 Å². The van der Waals surface area contributed by atoms with Crippen LogP contribution in [0.3, 0.4) is 0 Å². The van der Waals surface area contributed by atoms with E-state index in [-0.39, 0.29) is 0 Å². The summed E-state index contributed by atoms with van der Waals surface area (Å²) in [5.41, 5.74) is 7.36. The maximum absolute atomic E-state index is 6.07. The molecule has 1 aliphatic rings. The highest BCUT2D eigenvalue weighted by Gasteiger charge is 2.27. The average Bonchev–Trinajstić information content (AvgIpc) is 2.46. The molecule has 3 unspecified atom stereocenters. The largest absolute Gasteiger partial charge is 0.494 e. The molecular formula is C17H28N2OS. The van der Waals surface area contributed by atoms with Gasteiger partial charge in [0.15, 0.2) is 0 Å². The fourth-order valence-electron chi connectivity index (χ4n) is 2.97. The van der Waals surface area contributed by atoms with Gasteiger partial charge in [0.05, 0.1) is 6.61 Å². The molecule has 118 valence electrons. The molecule has 21 heavy (non-hydrogen) atoms. The summed E-state index contributed by atoms with van der Waals surface area (Å²) < 4.78 is 5.65. The van der Waals surface area contributed by atoms with Crippen LogP contribution in [0.25, 0.3) is 0 Å². The zero-order chi connectivity index (χ0) is 15.2. The van der Waals surface area contributed by atoms with E-state index in [1.165, 1.54) is 5.56 Å². The summed E-state index contributed by atoms with van der Waals surface area (Å²) in [5.74, 6) is 0.951. The number of thioether (sulfide) groups is 1. The highest BCUT2D eigenvalue weighted by atomic mass is 32.2. The van der Waals surface area contributed by atoms with Crippen molar-refractivity contribution >= 4 is 11.8 Å². The van der Waals surface area contributed by atoms with E-state index in [1.807, 2.05) is 0 Å². The summed E-state index contributed by atoms with van der Waals surface area (Å²) in [6.45, 7) is 10.4. The smallest absolute Gasteiger partial charge is 0.119 e. The lowest BCUT2D eigenvalue weighted by molar-refractivity contribution is 0.199. The summed E-state index contributed by atoms with van der Waals surface area (Å²) in [7, 11) is 0. The average molecular weight is 308 g/mol. The molecule has 1 fully saturated rings. The van der Waals surface area contributed by atoms with Crippen LogP contribution in [-0.4, -0.2) is 41.6 Å². The van der Waals surface area contributed by atoms with Crippen LogP contribution >= 0.6 is 11.8 Å². The highest BCUT2D eigenvalue weighted by Crippen LogP contribution is 2.31. The van der Waals surface area contributed by atoms with Crippen molar-refractivity contribution in [1.82, 2.24) is 4.90 Å². The van der Waals surface area contributed by atoms with E-state index in [2.05, 4.69) is 61.7 Å². The number of rotatable bonds is 6. The van der Waals surface area contributed by atoms with Crippen LogP contribution in [-0.2, 0) is 0 Å². The van der Waals surface area contributed by atoms with E-state index in [9.17, 15) is 0 Å². The Morgan fingerprint density at radius 1 is 1.24 bits per heavy atom. The standard InChI is InChI=1S/C17H28N2OS/c1-4-9-20-16-7-5-15(6-8-16)17(10-18)19-11-13(2)21-14(3)12-19/h5-8,13-14,17H,4,9-12,18H2,1-3H3. The van der Waals surface area contributed by atoms with Crippen molar-refractivity contribution in [3.63, 3.8) is 0 Å². The van der Waals surface area contributed by atoms with Gasteiger partial charge in [-0.3, -0.25) is 4.90 Å². The van der Waals surface area contributed by atoms with Gasteiger partial charge < -0.3 is 10.5 Å². The number of ether oxygens (including phenoxy) is 1. The van der Waals surface area contributed by atoms with Crippen LogP contribution in [0.5, 0.6) is 5.75 Å². The number of nitrogens with zero attached hydrogens (tertiary/aromatic N) is 1. The lowest BCUT2D eigenvalue weighted by Gasteiger charge is -2.39. The van der Waals surface area contributed by atoms with Crippen molar-refractivity contribution in [2.45, 2.75) is 43.7 Å². The molecule has 0 amide bonds. The van der Waals surface area contributed by atoms with Gasteiger partial charge >= 0.3 is 0 Å². The summed E-state index contributed by atoms with van der Waals surface area (Å²) >= 11 is 2.08. The fourth-order valence-corrected chi connectivity index (χ4v) is 4.32. The lowest BCUT2D eigenvalue weighted by atomic mass is 10.0. The van der Waals surface area contributed by atoms with Gasteiger partial charge in [-0.25, -0.2) is 0 Å². The lowest BCUT2D eigenvalue weighted by Crippen LogP contribution is -2.44.